The Kier molecular flexibility index (Phi) is 5.41. The fourth-order valence-corrected chi connectivity index (χ4v) is 3.00. The van der Waals surface area contributed by atoms with E-state index < -0.39 is 5.97 Å². The number of hydrogen-bond donors (Lipinski definition) is 1. The highest BCUT2D eigenvalue weighted by molar-refractivity contribution is 7.98. The van der Waals surface area contributed by atoms with Crippen molar-refractivity contribution in [1.29, 1.82) is 0 Å². The van der Waals surface area contributed by atoms with Crippen LogP contribution < -0.4 is 5.32 Å². The number of carbonyl (C=O) groups is 2. The molecular weight excluding hydrogens is 306 g/mol. The first-order valence-corrected chi connectivity index (χ1v) is 8.30. The molecule has 1 aromatic heterocycles. The molecule has 0 saturated carbocycles. The fourth-order valence-electron chi connectivity index (χ4n) is 1.68. The van der Waals surface area contributed by atoms with Crippen molar-refractivity contribution >= 4 is 40.7 Å². The Balaban J connectivity index is 1.89. The van der Waals surface area contributed by atoms with Crippen LogP contribution in [0.2, 0.25) is 0 Å². The van der Waals surface area contributed by atoms with Gasteiger partial charge in [0.2, 0.25) is 0 Å². The van der Waals surface area contributed by atoms with Crippen molar-refractivity contribution in [2.45, 2.75) is 11.8 Å². The van der Waals surface area contributed by atoms with E-state index in [4.69, 9.17) is 4.74 Å². The van der Waals surface area contributed by atoms with Crippen molar-refractivity contribution < 1.29 is 14.3 Å². The van der Waals surface area contributed by atoms with Crippen LogP contribution in [0, 0.1) is 6.92 Å². The smallest absolute Gasteiger partial charge is 0.348 e. The zero-order chi connectivity index (χ0) is 15.2. The third-order valence-corrected chi connectivity index (χ3v) is 4.43. The van der Waals surface area contributed by atoms with Gasteiger partial charge in [-0.15, -0.1) is 23.1 Å². The Morgan fingerprint density at radius 2 is 2.00 bits per heavy atom. The average Bonchev–Trinajstić information content (AvgIpc) is 2.92. The fraction of sp³-hybridized carbons (Fsp3) is 0.200. The molecule has 0 aliphatic heterocycles. The quantitative estimate of drug-likeness (QED) is 0.675. The van der Waals surface area contributed by atoms with Crippen LogP contribution in [0.4, 0.5) is 5.69 Å². The summed E-state index contributed by atoms with van der Waals surface area (Å²) in [5.41, 5.74) is 0.720. The second-order valence-corrected chi connectivity index (χ2v) is 6.37. The summed E-state index contributed by atoms with van der Waals surface area (Å²) in [6, 6.07) is 11.0. The number of thioether (sulfide) groups is 1. The number of nitrogens with one attached hydrogen (secondary N) is 1. The molecule has 4 nitrogen and oxygen atoms in total. The summed E-state index contributed by atoms with van der Waals surface area (Å²) in [5.74, 6) is -0.820. The Bertz CT molecular complexity index is 652. The third-order valence-electron chi connectivity index (χ3n) is 2.66. The normalized spacial score (nSPS) is 10.2. The lowest BCUT2D eigenvalue weighted by Crippen LogP contribution is -2.20. The molecule has 1 amide bonds. The number of hydrogen-bond acceptors (Lipinski definition) is 5. The predicted molar refractivity (Wildman–Crippen MR) is 86.2 cm³/mol. The highest BCUT2D eigenvalue weighted by atomic mass is 32.2. The minimum absolute atomic E-state index is 0.293. The van der Waals surface area contributed by atoms with E-state index in [-0.39, 0.29) is 12.5 Å². The van der Waals surface area contributed by atoms with Gasteiger partial charge in [-0.1, -0.05) is 12.1 Å². The van der Waals surface area contributed by atoms with Crippen LogP contribution in [0.25, 0.3) is 0 Å². The Morgan fingerprint density at radius 1 is 1.24 bits per heavy atom. The summed E-state index contributed by atoms with van der Waals surface area (Å²) < 4.78 is 5.00. The number of benzene rings is 1. The lowest BCUT2D eigenvalue weighted by Gasteiger charge is -2.09. The number of anilines is 1. The summed E-state index contributed by atoms with van der Waals surface area (Å²) in [4.78, 5) is 26.1. The maximum absolute atomic E-state index is 11.8. The number of thiophene rings is 1. The van der Waals surface area contributed by atoms with Gasteiger partial charge >= 0.3 is 5.97 Å². The number of ether oxygens (including phenoxy) is 1. The number of carbonyl (C=O) groups excluding carboxylic acids is 2. The monoisotopic (exact) mass is 321 g/mol. The second-order valence-electron chi connectivity index (χ2n) is 4.23. The van der Waals surface area contributed by atoms with E-state index in [0.29, 0.717) is 4.88 Å². The first-order valence-electron chi connectivity index (χ1n) is 6.26. The minimum atomic E-state index is -0.471. The molecule has 0 aliphatic carbocycles. The van der Waals surface area contributed by atoms with E-state index >= 15 is 0 Å². The molecule has 110 valence electrons. The van der Waals surface area contributed by atoms with E-state index in [9.17, 15) is 9.59 Å². The summed E-state index contributed by atoms with van der Waals surface area (Å²) in [5, 5.41) is 2.74. The van der Waals surface area contributed by atoms with Gasteiger partial charge in [0, 0.05) is 9.77 Å². The van der Waals surface area contributed by atoms with Gasteiger partial charge in [-0.3, -0.25) is 4.79 Å². The first kappa shape index (κ1) is 15.6. The molecule has 0 fully saturated rings. The van der Waals surface area contributed by atoms with Gasteiger partial charge in [-0.25, -0.2) is 4.79 Å². The molecule has 0 bridgehead atoms. The zero-order valence-electron chi connectivity index (χ0n) is 11.7. The van der Waals surface area contributed by atoms with Crippen LogP contribution in [0.5, 0.6) is 0 Å². The van der Waals surface area contributed by atoms with Crippen LogP contribution in [-0.4, -0.2) is 24.7 Å². The Hall–Kier alpha value is -1.79. The summed E-state index contributed by atoms with van der Waals surface area (Å²) >= 11 is 2.89. The molecule has 0 spiro atoms. The van der Waals surface area contributed by atoms with Gasteiger partial charge in [0.05, 0.1) is 5.69 Å². The lowest BCUT2D eigenvalue weighted by molar-refractivity contribution is -0.119. The van der Waals surface area contributed by atoms with Gasteiger partial charge in [-0.2, -0.15) is 0 Å². The molecule has 0 atom stereocenters. The maximum Gasteiger partial charge on any atom is 0.348 e. The average molecular weight is 321 g/mol. The molecular formula is C15H15NO3S2. The third kappa shape index (κ3) is 4.34. The van der Waals surface area contributed by atoms with Crippen LogP contribution in [0.1, 0.15) is 14.5 Å². The van der Waals surface area contributed by atoms with Gasteiger partial charge in [0.1, 0.15) is 4.88 Å². The van der Waals surface area contributed by atoms with E-state index in [1.807, 2.05) is 43.5 Å². The van der Waals surface area contributed by atoms with E-state index in [1.165, 1.54) is 11.3 Å². The number of rotatable bonds is 5. The predicted octanol–water partition coefficient (Wildman–Crippen LogP) is 3.57. The van der Waals surface area contributed by atoms with Crippen molar-refractivity contribution in [2.75, 3.05) is 18.2 Å². The molecule has 2 rings (SSSR count). The van der Waals surface area contributed by atoms with Crippen molar-refractivity contribution in [1.82, 2.24) is 0 Å². The molecule has 21 heavy (non-hydrogen) atoms. The Morgan fingerprint density at radius 3 is 2.67 bits per heavy atom. The first-order chi connectivity index (χ1) is 10.1. The van der Waals surface area contributed by atoms with Crippen molar-refractivity contribution in [3.8, 4) is 0 Å². The molecule has 1 aromatic carbocycles. The summed E-state index contributed by atoms with van der Waals surface area (Å²) in [7, 11) is 0. The highest BCUT2D eigenvalue weighted by Crippen LogP contribution is 2.24. The standard InChI is InChI=1S/C15H15NO3S2/c1-10-7-8-13(21-10)15(18)19-9-14(17)16-11-5-3-4-6-12(11)20-2/h3-8H,9H2,1-2H3,(H,16,17). The molecule has 1 heterocycles. The van der Waals surface area contributed by atoms with Crippen molar-refractivity contribution in [3.05, 3.63) is 46.2 Å². The van der Waals surface area contributed by atoms with Gasteiger partial charge in [0.15, 0.2) is 6.61 Å². The van der Waals surface area contributed by atoms with E-state index in [2.05, 4.69) is 5.32 Å². The topological polar surface area (TPSA) is 55.4 Å². The summed E-state index contributed by atoms with van der Waals surface area (Å²) in [6.45, 7) is 1.62. The maximum atomic E-state index is 11.8. The van der Waals surface area contributed by atoms with Crippen molar-refractivity contribution in [3.63, 3.8) is 0 Å². The van der Waals surface area contributed by atoms with Crippen molar-refractivity contribution in [2.24, 2.45) is 0 Å². The van der Waals surface area contributed by atoms with Crippen LogP contribution in [0.3, 0.4) is 0 Å². The molecule has 0 radical (unpaired) electrons. The lowest BCUT2D eigenvalue weighted by atomic mass is 10.3. The zero-order valence-corrected chi connectivity index (χ0v) is 13.3. The van der Waals surface area contributed by atoms with Gasteiger partial charge in [0.25, 0.3) is 5.91 Å². The number of para-hydroxylation sites is 1. The Labute approximate surface area is 131 Å². The van der Waals surface area contributed by atoms with E-state index in [0.717, 1.165) is 15.5 Å². The molecule has 1 N–H and O–H groups in total. The van der Waals surface area contributed by atoms with Gasteiger partial charge in [-0.05, 0) is 37.4 Å². The number of aryl methyl sites for hydroxylation is 1. The SMILES string of the molecule is CSc1ccccc1NC(=O)COC(=O)c1ccc(C)s1. The van der Waals surface area contributed by atoms with Gasteiger partial charge < -0.3 is 10.1 Å². The summed E-state index contributed by atoms with van der Waals surface area (Å²) in [6.07, 6.45) is 1.93. The number of amides is 1. The van der Waals surface area contributed by atoms with Crippen LogP contribution in [0.15, 0.2) is 41.3 Å². The minimum Gasteiger partial charge on any atom is -0.451 e. The second kappa shape index (κ2) is 7.28. The molecule has 0 aliphatic rings. The van der Waals surface area contributed by atoms with Crippen LogP contribution in [-0.2, 0) is 9.53 Å². The molecule has 0 unspecified atom stereocenters. The largest absolute Gasteiger partial charge is 0.451 e. The highest BCUT2D eigenvalue weighted by Gasteiger charge is 2.12. The molecule has 6 heteroatoms. The number of esters is 1. The van der Waals surface area contributed by atoms with E-state index in [1.54, 1.807) is 17.8 Å². The van der Waals surface area contributed by atoms with Crippen LogP contribution >= 0.6 is 23.1 Å². The molecule has 2 aromatic rings. The molecule has 0 saturated heterocycles.